The van der Waals surface area contributed by atoms with E-state index in [1.807, 2.05) is 24.3 Å². The van der Waals surface area contributed by atoms with Crippen molar-refractivity contribution < 1.29 is 0 Å². The second-order valence-electron chi connectivity index (χ2n) is 19.6. The van der Waals surface area contributed by atoms with Crippen molar-refractivity contribution >= 4 is 70.4 Å². The fraction of sp³-hybridized carbons (Fsp3) is 0.0822. The van der Waals surface area contributed by atoms with Gasteiger partial charge in [0.25, 0.3) is 0 Å². The lowest BCUT2D eigenvalue weighted by molar-refractivity contribution is 1.02. The second-order valence-corrected chi connectivity index (χ2v) is 19.6. The van der Waals surface area contributed by atoms with E-state index < -0.39 is 0 Å². The first-order valence-electron chi connectivity index (χ1n) is 26.5. The SMILES string of the molecule is C=C/C=C/c1ccccc1-n1c(C)c(/C=C(C=C)/C(/C=C\Cc2ccc(-n3c4c(c5ccccc53)=CCCC=4)cc2)=C/C)c2cc(-c3ccc(-c4ccc(-n5c6c(c7c5=CC=CCC=7)C=CC=C=C6)cc4)cc3)ccc21. The lowest BCUT2D eigenvalue weighted by Gasteiger charge is -2.13. The first-order chi connectivity index (χ1) is 37.5. The number of para-hydroxylation sites is 2. The molecule has 3 aliphatic carbocycles. The maximum Gasteiger partial charge on any atom is 0.0617 e. The van der Waals surface area contributed by atoms with E-state index >= 15 is 0 Å². The molecule has 0 amide bonds. The molecule has 6 aromatic carbocycles. The lowest BCUT2D eigenvalue weighted by Crippen LogP contribution is -2.30. The molecule has 76 heavy (non-hydrogen) atoms. The molecule has 0 radical (unpaired) electrons. The molecule has 3 heteroatoms. The Kier molecular flexibility index (Phi) is 13.1. The summed E-state index contributed by atoms with van der Waals surface area (Å²) < 4.78 is 7.18. The monoisotopic (exact) mass is 977 g/mol. The van der Waals surface area contributed by atoms with Crippen LogP contribution in [0.2, 0.25) is 0 Å². The number of allylic oxidation sites excluding steroid dienone is 12. The highest BCUT2D eigenvalue weighted by Gasteiger charge is 2.19. The van der Waals surface area contributed by atoms with E-state index in [4.69, 9.17) is 0 Å². The fourth-order valence-electron chi connectivity index (χ4n) is 11.5. The van der Waals surface area contributed by atoms with Gasteiger partial charge >= 0.3 is 0 Å². The Labute approximate surface area is 445 Å². The number of fused-ring (bicyclic) bond motifs is 7. The van der Waals surface area contributed by atoms with Gasteiger partial charge in [0.1, 0.15) is 0 Å². The van der Waals surface area contributed by atoms with Gasteiger partial charge in [-0.1, -0.05) is 189 Å². The van der Waals surface area contributed by atoms with Crippen molar-refractivity contribution in [1.29, 1.82) is 0 Å². The van der Waals surface area contributed by atoms with Crippen LogP contribution in [0.3, 0.4) is 0 Å². The largest absolute Gasteiger partial charge is 0.313 e. The minimum atomic E-state index is 0.813. The molecular weight excluding hydrogens is 919 g/mol. The van der Waals surface area contributed by atoms with E-state index in [1.54, 1.807) is 0 Å². The second kappa shape index (κ2) is 20.8. The Morgan fingerprint density at radius 2 is 1.37 bits per heavy atom. The summed E-state index contributed by atoms with van der Waals surface area (Å²) in [5, 5.41) is 7.62. The summed E-state index contributed by atoms with van der Waals surface area (Å²) in [7, 11) is 0. The van der Waals surface area contributed by atoms with Gasteiger partial charge in [0.05, 0.1) is 27.8 Å². The van der Waals surface area contributed by atoms with Crippen molar-refractivity contribution in [3.63, 3.8) is 0 Å². The molecule has 3 heterocycles. The molecule has 0 atom stereocenters. The van der Waals surface area contributed by atoms with Crippen molar-refractivity contribution in [2.75, 3.05) is 0 Å². The fourth-order valence-corrected chi connectivity index (χ4v) is 11.5. The number of aromatic nitrogens is 3. The first-order valence-corrected chi connectivity index (χ1v) is 26.5. The zero-order chi connectivity index (χ0) is 51.5. The maximum atomic E-state index is 4.37. The van der Waals surface area contributed by atoms with Crippen LogP contribution in [0.25, 0.3) is 110 Å². The molecule has 0 spiro atoms. The highest BCUT2D eigenvalue weighted by atomic mass is 15.0. The van der Waals surface area contributed by atoms with Crippen LogP contribution in [0.15, 0.2) is 230 Å². The third-order valence-electron chi connectivity index (χ3n) is 15.2. The predicted molar refractivity (Wildman–Crippen MR) is 326 cm³/mol. The molecule has 366 valence electrons. The van der Waals surface area contributed by atoms with E-state index in [9.17, 15) is 0 Å². The van der Waals surface area contributed by atoms with Gasteiger partial charge in [-0.25, -0.2) is 0 Å². The van der Waals surface area contributed by atoms with Crippen molar-refractivity contribution in [1.82, 2.24) is 13.7 Å². The van der Waals surface area contributed by atoms with Gasteiger partial charge in [-0.15, -0.1) is 5.73 Å². The van der Waals surface area contributed by atoms with Crippen LogP contribution in [0.5, 0.6) is 0 Å². The van der Waals surface area contributed by atoms with Gasteiger partial charge in [-0.2, -0.15) is 0 Å². The van der Waals surface area contributed by atoms with Crippen LogP contribution in [-0.4, -0.2) is 13.7 Å². The van der Waals surface area contributed by atoms with Gasteiger partial charge in [0, 0.05) is 60.8 Å². The highest BCUT2D eigenvalue weighted by Crippen LogP contribution is 2.37. The van der Waals surface area contributed by atoms with E-state index in [0.29, 0.717) is 0 Å². The normalized spacial score (nSPS) is 14.0. The maximum absolute atomic E-state index is 4.37. The first kappa shape index (κ1) is 47.6. The third kappa shape index (κ3) is 8.77. The summed E-state index contributed by atoms with van der Waals surface area (Å²) in [6.45, 7) is 12.7. The number of nitrogens with zero attached hydrogens (tertiary/aromatic N) is 3. The molecular formula is C73H59N3. The highest BCUT2D eigenvalue weighted by molar-refractivity contribution is 5.97. The van der Waals surface area contributed by atoms with Crippen LogP contribution in [0, 0.1) is 6.92 Å². The summed E-state index contributed by atoms with van der Waals surface area (Å²) in [6, 6.07) is 51.3. The topological polar surface area (TPSA) is 14.8 Å². The Hall–Kier alpha value is -9.40. The summed E-state index contributed by atoms with van der Waals surface area (Å²) >= 11 is 0. The molecule has 0 N–H and O–H groups in total. The number of hydrogen-bond acceptors (Lipinski definition) is 0. The minimum absolute atomic E-state index is 0.813. The Balaban J connectivity index is 0.858. The smallest absolute Gasteiger partial charge is 0.0617 e. The van der Waals surface area contributed by atoms with Crippen LogP contribution < -0.4 is 21.1 Å². The van der Waals surface area contributed by atoms with Crippen LogP contribution in [0.4, 0.5) is 0 Å². The summed E-state index contributed by atoms with van der Waals surface area (Å²) in [6.07, 6.45) is 43.0. The summed E-state index contributed by atoms with van der Waals surface area (Å²) in [5.74, 6) is 0. The molecule has 3 aromatic heterocycles. The molecule has 12 rings (SSSR count). The molecule has 0 saturated heterocycles. The molecule has 0 fully saturated rings. The van der Waals surface area contributed by atoms with Crippen molar-refractivity contribution in [3.05, 3.63) is 285 Å². The van der Waals surface area contributed by atoms with Gasteiger partial charge in [0.15, 0.2) is 0 Å². The van der Waals surface area contributed by atoms with Crippen LogP contribution >= 0.6 is 0 Å². The summed E-state index contributed by atoms with van der Waals surface area (Å²) in [4.78, 5) is 0. The van der Waals surface area contributed by atoms with Crippen molar-refractivity contribution in [2.45, 2.75) is 39.5 Å². The van der Waals surface area contributed by atoms with E-state index in [2.05, 4.69) is 271 Å². The van der Waals surface area contributed by atoms with Crippen molar-refractivity contribution in [3.8, 4) is 39.3 Å². The Morgan fingerprint density at radius 1 is 0.658 bits per heavy atom. The lowest BCUT2D eigenvalue weighted by atomic mass is 9.97. The van der Waals surface area contributed by atoms with E-state index in [1.165, 1.54) is 65.4 Å². The molecule has 0 aliphatic heterocycles. The molecule has 9 aromatic rings. The van der Waals surface area contributed by atoms with Gasteiger partial charge in [-0.05, 0) is 151 Å². The standard InChI is InChI=1S/C73H59N3/c1-5-8-23-58-24-15-18-30-68(58)74-51(4)66(49-54(7-3)53(6-2)25-21-22-52-35-44-60(45-36-52)75-71-33-19-16-28-64(71)65-29-17-20-34-72(65)75)67-50-59(43-48-73(67)74)57-39-37-55(38-40-57)56-41-46-61(47-42-56)76-69-31-13-9-11-26-62(69)63-27-12-10-14-32-70(63)76/h5-11,14-16,18-19,21,23-50H,1,3,12,17,20,22H2,2,4H3/b23-8+,25-21-,53-6+,54-49+. The number of hydrogen-bond donors (Lipinski definition) is 0. The average molecular weight is 978 g/mol. The third-order valence-corrected chi connectivity index (χ3v) is 15.2. The van der Waals surface area contributed by atoms with E-state index in [0.717, 1.165) is 87.4 Å². The number of rotatable bonds is 13. The van der Waals surface area contributed by atoms with Crippen molar-refractivity contribution in [2.24, 2.45) is 0 Å². The minimum Gasteiger partial charge on any atom is -0.313 e. The average Bonchev–Trinajstić information content (AvgIpc) is 3.89. The number of benzene rings is 6. The zero-order valence-electron chi connectivity index (χ0n) is 43.3. The predicted octanol–water partition coefficient (Wildman–Crippen LogP) is 15.6. The van der Waals surface area contributed by atoms with Gasteiger partial charge in [0.2, 0.25) is 0 Å². The van der Waals surface area contributed by atoms with Crippen LogP contribution in [-0.2, 0) is 6.42 Å². The van der Waals surface area contributed by atoms with Crippen LogP contribution in [0.1, 0.15) is 59.8 Å². The Morgan fingerprint density at radius 3 is 2.17 bits per heavy atom. The molecule has 0 saturated carbocycles. The van der Waals surface area contributed by atoms with E-state index in [-0.39, 0.29) is 0 Å². The quantitative estimate of drug-likeness (QED) is 0.0808. The van der Waals surface area contributed by atoms with Gasteiger partial charge < -0.3 is 13.7 Å². The Bertz CT molecular complexity index is 4320. The molecule has 0 bridgehead atoms. The summed E-state index contributed by atoms with van der Waals surface area (Å²) in [5.41, 5.74) is 23.1. The molecule has 0 unspecified atom stereocenters. The zero-order valence-corrected chi connectivity index (χ0v) is 43.3. The molecule has 3 nitrogen and oxygen atoms in total. The van der Waals surface area contributed by atoms with Gasteiger partial charge in [-0.3, -0.25) is 0 Å². The molecule has 3 aliphatic rings.